The van der Waals surface area contributed by atoms with Gasteiger partial charge in [0.15, 0.2) is 0 Å². The van der Waals surface area contributed by atoms with Gasteiger partial charge in [0.05, 0.1) is 19.4 Å². The van der Waals surface area contributed by atoms with Gasteiger partial charge >= 0.3 is 11.9 Å². The maximum Gasteiger partial charge on any atom is 0.311 e. The fourth-order valence-electron chi connectivity index (χ4n) is 2.03. The number of unbranched alkanes of at least 4 members (excludes halogenated alkanes) is 5. The third-order valence-electron chi connectivity index (χ3n) is 3.34. The fraction of sp³-hybridized carbons (Fsp3) is 0.556. The van der Waals surface area contributed by atoms with Crippen molar-refractivity contribution in [3.63, 3.8) is 0 Å². The first kappa shape index (κ1) is 19.5. The van der Waals surface area contributed by atoms with Crippen LogP contribution in [0.3, 0.4) is 0 Å². The van der Waals surface area contributed by atoms with Gasteiger partial charge in [-0.05, 0) is 30.7 Å². The summed E-state index contributed by atoms with van der Waals surface area (Å²) in [4.78, 5) is 23.1. The summed E-state index contributed by atoms with van der Waals surface area (Å²) < 4.78 is 10.2. The lowest BCUT2D eigenvalue weighted by Crippen LogP contribution is -2.12. The van der Waals surface area contributed by atoms with Crippen LogP contribution in [0.15, 0.2) is 24.3 Å². The Morgan fingerprint density at radius 3 is 2.22 bits per heavy atom. The molecule has 5 heteroatoms. The molecular formula is C18H25ClO4. The summed E-state index contributed by atoms with van der Waals surface area (Å²) in [5.41, 5.74) is 0. The number of benzene rings is 1. The smallest absolute Gasteiger partial charge is 0.311 e. The van der Waals surface area contributed by atoms with E-state index in [1.165, 1.54) is 25.7 Å². The van der Waals surface area contributed by atoms with Gasteiger partial charge in [0, 0.05) is 5.02 Å². The third-order valence-corrected chi connectivity index (χ3v) is 3.59. The second-order valence-electron chi connectivity index (χ2n) is 5.42. The van der Waals surface area contributed by atoms with E-state index in [2.05, 4.69) is 6.92 Å². The van der Waals surface area contributed by atoms with E-state index in [4.69, 9.17) is 21.1 Å². The van der Waals surface area contributed by atoms with Crippen molar-refractivity contribution in [3.8, 4) is 5.75 Å². The average Bonchev–Trinajstić information content (AvgIpc) is 2.54. The van der Waals surface area contributed by atoms with Gasteiger partial charge in [-0.25, -0.2) is 0 Å². The van der Waals surface area contributed by atoms with Gasteiger partial charge in [-0.15, -0.1) is 0 Å². The first-order chi connectivity index (χ1) is 11.1. The average molecular weight is 341 g/mol. The van der Waals surface area contributed by atoms with E-state index in [-0.39, 0.29) is 18.8 Å². The molecule has 0 aliphatic heterocycles. The molecular weight excluding hydrogens is 316 g/mol. The number of halogens is 1. The Labute approximate surface area is 143 Å². The Bertz CT molecular complexity index is 470. The van der Waals surface area contributed by atoms with Crippen molar-refractivity contribution in [2.75, 3.05) is 6.61 Å². The van der Waals surface area contributed by atoms with Gasteiger partial charge in [0.25, 0.3) is 0 Å². The highest BCUT2D eigenvalue weighted by molar-refractivity contribution is 6.30. The van der Waals surface area contributed by atoms with E-state index in [0.29, 0.717) is 17.4 Å². The highest BCUT2D eigenvalue weighted by Gasteiger charge is 2.10. The van der Waals surface area contributed by atoms with Gasteiger partial charge < -0.3 is 9.47 Å². The molecule has 0 bridgehead atoms. The van der Waals surface area contributed by atoms with Crippen LogP contribution in [0.25, 0.3) is 0 Å². The van der Waals surface area contributed by atoms with E-state index >= 15 is 0 Å². The van der Waals surface area contributed by atoms with Gasteiger partial charge in [0.1, 0.15) is 5.75 Å². The largest absolute Gasteiger partial charge is 0.466 e. The Kier molecular flexibility index (Phi) is 10.1. The predicted octanol–water partition coefficient (Wildman–Crippen LogP) is 4.93. The zero-order valence-corrected chi connectivity index (χ0v) is 14.4. The number of hydrogen-bond donors (Lipinski definition) is 0. The molecule has 0 aliphatic carbocycles. The summed E-state index contributed by atoms with van der Waals surface area (Å²) in [5.74, 6) is -0.393. The van der Waals surface area contributed by atoms with Crippen LogP contribution in [0.5, 0.6) is 5.75 Å². The lowest BCUT2D eigenvalue weighted by atomic mass is 10.1. The van der Waals surface area contributed by atoms with Crippen LogP contribution in [-0.2, 0) is 14.3 Å². The standard InChI is InChI=1S/C18H25ClO4/c1-2-3-4-5-6-7-14-22-17(20)12-13-18(21)23-16-10-8-15(19)9-11-16/h8-11H,2-7,12-14H2,1H3. The number of carbonyl (C=O) groups is 2. The fourth-order valence-corrected chi connectivity index (χ4v) is 2.16. The molecule has 0 aromatic heterocycles. The second kappa shape index (κ2) is 11.9. The predicted molar refractivity (Wildman–Crippen MR) is 90.7 cm³/mol. The van der Waals surface area contributed by atoms with Crippen molar-refractivity contribution in [2.24, 2.45) is 0 Å². The topological polar surface area (TPSA) is 52.6 Å². The van der Waals surface area contributed by atoms with E-state index in [9.17, 15) is 9.59 Å². The maximum absolute atomic E-state index is 11.6. The highest BCUT2D eigenvalue weighted by atomic mass is 35.5. The van der Waals surface area contributed by atoms with Crippen LogP contribution < -0.4 is 4.74 Å². The summed E-state index contributed by atoms with van der Waals surface area (Å²) in [6.07, 6.45) is 6.91. The molecule has 0 saturated carbocycles. The molecule has 1 aromatic carbocycles. The summed E-state index contributed by atoms with van der Waals surface area (Å²) in [7, 11) is 0. The minimum atomic E-state index is -0.455. The number of ether oxygens (including phenoxy) is 2. The molecule has 23 heavy (non-hydrogen) atoms. The SMILES string of the molecule is CCCCCCCCOC(=O)CCC(=O)Oc1ccc(Cl)cc1. The van der Waals surface area contributed by atoms with Crippen LogP contribution in [0.2, 0.25) is 5.02 Å². The lowest BCUT2D eigenvalue weighted by molar-refractivity contribution is -0.147. The monoisotopic (exact) mass is 340 g/mol. The van der Waals surface area contributed by atoms with Crippen LogP contribution >= 0.6 is 11.6 Å². The molecule has 4 nitrogen and oxygen atoms in total. The van der Waals surface area contributed by atoms with E-state index in [0.717, 1.165) is 12.8 Å². The molecule has 0 amide bonds. The Hall–Kier alpha value is -1.55. The first-order valence-electron chi connectivity index (χ1n) is 8.23. The quantitative estimate of drug-likeness (QED) is 0.325. The van der Waals surface area contributed by atoms with Crippen LogP contribution in [-0.4, -0.2) is 18.5 Å². The first-order valence-corrected chi connectivity index (χ1v) is 8.61. The van der Waals surface area contributed by atoms with Crippen molar-refractivity contribution < 1.29 is 19.1 Å². The molecule has 128 valence electrons. The zero-order valence-electron chi connectivity index (χ0n) is 13.7. The molecule has 0 saturated heterocycles. The van der Waals surface area contributed by atoms with Crippen molar-refractivity contribution in [1.29, 1.82) is 0 Å². The lowest BCUT2D eigenvalue weighted by Gasteiger charge is -2.06. The second-order valence-corrected chi connectivity index (χ2v) is 5.85. The Morgan fingerprint density at radius 1 is 0.913 bits per heavy atom. The van der Waals surface area contributed by atoms with Gasteiger partial charge in [0.2, 0.25) is 0 Å². The van der Waals surface area contributed by atoms with Gasteiger partial charge in [-0.2, -0.15) is 0 Å². The number of hydrogen-bond acceptors (Lipinski definition) is 4. The molecule has 0 aliphatic rings. The Morgan fingerprint density at radius 2 is 1.52 bits per heavy atom. The number of rotatable bonds is 11. The highest BCUT2D eigenvalue weighted by Crippen LogP contribution is 2.16. The van der Waals surface area contributed by atoms with Gasteiger partial charge in [-0.3, -0.25) is 9.59 Å². The summed E-state index contributed by atoms with van der Waals surface area (Å²) >= 11 is 5.75. The molecule has 0 N–H and O–H groups in total. The minimum Gasteiger partial charge on any atom is -0.466 e. The molecule has 0 atom stereocenters. The van der Waals surface area contributed by atoms with Crippen molar-refractivity contribution in [2.45, 2.75) is 58.3 Å². The van der Waals surface area contributed by atoms with E-state index in [1.54, 1.807) is 24.3 Å². The van der Waals surface area contributed by atoms with Crippen molar-refractivity contribution >= 4 is 23.5 Å². The molecule has 1 aromatic rings. The van der Waals surface area contributed by atoms with Crippen LogP contribution in [0, 0.1) is 0 Å². The summed E-state index contributed by atoms with van der Waals surface area (Å²) in [6.45, 7) is 2.61. The van der Waals surface area contributed by atoms with E-state index < -0.39 is 5.97 Å². The van der Waals surface area contributed by atoms with Crippen LogP contribution in [0.4, 0.5) is 0 Å². The molecule has 0 fully saturated rings. The molecule has 1 rings (SSSR count). The minimum absolute atomic E-state index is 0.0119. The summed E-state index contributed by atoms with van der Waals surface area (Å²) in [6, 6.07) is 6.49. The number of carbonyl (C=O) groups excluding carboxylic acids is 2. The molecule has 0 heterocycles. The molecule has 0 unspecified atom stereocenters. The van der Waals surface area contributed by atoms with E-state index in [1.807, 2.05) is 0 Å². The normalized spacial score (nSPS) is 10.3. The molecule has 0 radical (unpaired) electrons. The zero-order chi connectivity index (χ0) is 16.9. The van der Waals surface area contributed by atoms with Crippen molar-refractivity contribution in [1.82, 2.24) is 0 Å². The Balaban J connectivity index is 2.06. The summed E-state index contributed by atoms with van der Waals surface area (Å²) in [5, 5.41) is 0.572. The third kappa shape index (κ3) is 9.95. The maximum atomic E-state index is 11.6. The number of esters is 2. The van der Waals surface area contributed by atoms with Crippen LogP contribution in [0.1, 0.15) is 58.3 Å². The van der Waals surface area contributed by atoms with Crippen molar-refractivity contribution in [3.05, 3.63) is 29.3 Å². The van der Waals surface area contributed by atoms with Gasteiger partial charge in [-0.1, -0.05) is 50.6 Å². The molecule has 0 spiro atoms.